The lowest BCUT2D eigenvalue weighted by Crippen LogP contribution is -2.62. The van der Waals surface area contributed by atoms with Crippen LogP contribution in [0.1, 0.15) is 46.5 Å². The number of carbonyl (C=O) groups excluding carboxylic acids is 2. The molecule has 0 bridgehead atoms. The molecule has 0 aromatic rings. The molecule has 0 amide bonds. The van der Waals surface area contributed by atoms with E-state index in [9.17, 15) is 24.9 Å². The number of hydrogen-bond acceptors (Lipinski definition) is 5. The fourth-order valence-electron chi connectivity index (χ4n) is 7.34. The van der Waals surface area contributed by atoms with Crippen molar-refractivity contribution in [2.45, 2.75) is 58.2 Å². The minimum absolute atomic E-state index is 0.00620. The van der Waals surface area contributed by atoms with Crippen LogP contribution in [0.15, 0.2) is 23.8 Å². The van der Waals surface area contributed by atoms with E-state index in [1.165, 1.54) is 0 Å². The third-order valence-electron chi connectivity index (χ3n) is 8.57. The molecule has 4 aliphatic carbocycles. The van der Waals surface area contributed by atoms with Crippen LogP contribution in [0.5, 0.6) is 0 Å². The third-order valence-corrected chi connectivity index (χ3v) is 8.57. The van der Waals surface area contributed by atoms with E-state index in [2.05, 4.69) is 13.8 Å². The number of hydrogen-bond donors (Lipinski definition) is 3. The molecule has 0 heterocycles. The van der Waals surface area contributed by atoms with E-state index in [1.807, 2.05) is 13.0 Å². The monoisotopic (exact) mass is 374 g/mol. The molecule has 0 radical (unpaired) electrons. The first-order valence-corrected chi connectivity index (χ1v) is 10.1. The van der Waals surface area contributed by atoms with E-state index >= 15 is 0 Å². The number of rotatable bonds is 2. The van der Waals surface area contributed by atoms with Crippen molar-refractivity contribution in [1.29, 1.82) is 0 Å². The van der Waals surface area contributed by atoms with Gasteiger partial charge in [0.25, 0.3) is 0 Å². The van der Waals surface area contributed by atoms with Gasteiger partial charge < -0.3 is 15.3 Å². The molecule has 4 aliphatic rings. The lowest BCUT2D eigenvalue weighted by Gasteiger charge is -2.60. The summed E-state index contributed by atoms with van der Waals surface area (Å²) in [7, 11) is 0. The molecule has 3 N–H and O–H groups in total. The van der Waals surface area contributed by atoms with Gasteiger partial charge in [0, 0.05) is 16.7 Å². The molecule has 0 saturated heterocycles. The fourth-order valence-corrected chi connectivity index (χ4v) is 7.34. The molecule has 148 valence electrons. The fraction of sp³-hybridized carbons (Fsp3) is 0.727. The molecule has 4 rings (SSSR count). The van der Waals surface area contributed by atoms with E-state index in [0.717, 1.165) is 18.4 Å². The molecule has 5 nitrogen and oxygen atoms in total. The third kappa shape index (κ3) is 2.28. The molecule has 5 heteroatoms. The van der Waals surface area contributed by atoms with Gasteiger partial charge in [0.1, 0.15) is 12.2 Å². The molecule has 3 saturated carbocycles. The van der Waals surface area contributed by atoms with Gasteiger partial charge in [-0.1, -0.05) is 32.4 Å². The highest BCUT2D eigenvalue weighted by molar-refractivity contribution is 6.01. The largest absolute Gasteiger partial charge is 0.393 e. The average Bonchev–Trinajstić information content (AvgIpc) is 2.87. The summed E-state index contributed by atoms with van der Waals surface area (Å²) in [6, 6.07) is 0. The van der Waals surface area contributed by atoms with Crippen LogP contribution >= 0.6 is 0 Å². The van der Waals surface area contributed by atoms with Crippen molar-refractivity contribution in [3.8, 4) is 0 Å². The Morgan fingerprint density at radius 1 is 1.33 bits per heavy atom. The quantitative estimate of drug-likeness (QED) is 0.685. The molecule has 0 aromatic carbocycles. The van der Waals surface area contributed by atoms with E-state index in [1.54, 1.807) is 12.2 Å². The second-order valence-corrected chi connectivity index (χ2v) is 9.72. The number of aliphatic hydroxyl groups is 3. The van der Waals surface area contributed by atoms with Crippen molar-refractivity contribution >= 4 is 11.6 Å². The number of allylic oxidation sites excluding steroid dienone is 4. The summed E-state index contributed by atoms with van der Waals surface area (Å²) in [6.07, 6.45) is 6.87. The van der Waals surface area contributed by atoms with Crippen LogP contribution in [0.4, 0.5) is 0 Å². The van der Waals surface area contributed by atoms with Crippen molar-refractivity contribution in [2.24, 2.45) is 34.5 Å². The molecule has 0 aliphatic heterocycles. The van der Waals surface area contributed by atoms with E-state index in [0.29, 0.717) is 12.8 Å². The van der Waals surface area contributed by atoms with Gasteiger partial charge in [-0.15, -0.1) is 0 Å². The van der Waals surface area contributed by atoms with Crippen molar-refractivity contribution in [1.82, 2.24) is 0 Å². The van der Waals surface area contributed by atoms with Crippen LogP contribution in [0.2, 0.25) is 0 Å². The Morgan fingerprint density at radius 3 is 2.70 bits per heavy atom. The summed E-state index contributed by atoms with van der Waals surface area (Å²) in [4.78, 5) is 24.4. The van der Waals surface area contributed by atoms with Gasteiger partial charge in [-0.3, -0.25) is 9.59 Å². The SMILES string of the molecule is CC1C[C@@H]2[C@H]([C@@H](O)C[C@@]3(C)[C@H]2CC[C@]3(O)C(=O)CO)[C@@]2(C)C=CC(=O)C=C12. The Kier molecular flexibility index (Phi) is 4.12. The second-order valence-electron chi connectivity index (χ2n) is 9.72. The highest BCUT2D eigenvalue weighted by Gasteiger charge is 2.68. The molecule has 1 unspecified atom stereocenters. The minimum Gasteiger partial charge on any atom is -0.393 e. The van der Waals surface area contributed by atoms with Crippen LogP contribution in [0.25, 0.3) is 0 Å². The smallest absolute Gasteiger partial charge is 0.190 e. The number of carbonyl (C=O) groups is 2. The first-order chi connectivity index (χ1) is 12.6. The van der Waals surface area contributed by atoms with Crippen LogP contribution in [0.3, 0.4) is 0 Å². The lowest BCUT2D eigenvalue weighted by molar-refractivity contribution is -0.180. The Balaban J connectivity index is 1.78. The summed E-state index contributed by atoms with van der Waals surface area (Å²) in [5.74, 6) is -0.0768. The summed E-state index contributed by atoms with van der Waals surface area (Å²) < 4.78 is 0. The van der Waals surface area contributed by atoms with Gasteiger partial charge in [0.05, 0.1) is 6.10 Å². The normalized spacial score (nSPS) is 51.3. The number of Topliss-reactive ketones (excluding diaryl/α,β-unsaturated/α-hetero) is 1. The molecule has 0 aromatic heterocycles. The van der Waals surface area contributed by atoms with Crippen molar-refractivity contribution < 1.29 is 24.9 Å². The maximum absolute atomic E-state index is 12.4. The average molecular weight is 374 g/mol. The highest BCUT2D eigenvalue weighted by Crippen LogP contribution is 2.67. The Labute approximate surface area is 160 Å². The maximum Gasteiger partial charge on any atom is 0.190 e. The van der Waals surface area contributed by atoms with Gasteiger partial charge >= 0.3 is 0 Å². The maximum atomic E-state index is 12.4. The van der Waals surface area contributed by atoms with Gasteiger partial charge in [-0.05, 0) is 55.6 Å². The number of fused-ring (bicyclic) bond motifs is 5. The zero-order valence-corrected chi connectivity index (χ0v) is 16.3. The summed E-state index contributed by atoms with van der Waals surface area (Å²) in [5, 5.41) is 31.9. The molecular weight excluding hydrogens is 344 g/mol. The standard InChI is InChI=1S/C22H30O5/c1-12-8-14-15-5-7-22(27,18(26)11-23)21(15,3)10-17(25)19(14)20(2)6-4-13(24)9-16(12)20/h4,6,9,12,14-15,17,19,23,25,27H,5,7-8,10-11H2,1-3H3/t12?,14-,15-,17-,19+,20-,21-,22-/m0/s1. The topological polar surface area (TPSA) is 94.8 Å². The van der Waals surface area contributed by atoms with Crippen molar-refractivity contribution in [3.05, 3.63) is 23.8 Å². The van der Waals surface area contributed by atoms with E-state index in [4.69, 9.17) is 0 Å². The van der Waals surface area contributed by atoms with Gasteiger partial charge in [0.15, 0.2) is 11.6 Å². The Morgan fingerprint density at radius 2 is 2.04 bits per heavy atom. The van der Waals surface area contributed by atoms with E-state index in [-0.39, 0.29) is 34.9 Å². The minimum atomic E-state index is -1.57. The van der Waals surface area contributed by atoms with Gasteiger partial charge in [-0.2, -0.15) is 0 Å². The van der Waals surface area contributed by atoms with Gasteiger partial charge in [0.2, 0.25) is 0 Å². The first kappa shape index (κ1) is 19.0. The van der Waals surface area contributed by atoms with Gasteiger partial charge in [-0.25, -0.2) is 0 Å². The highest BCUT2D eigenvalue weighted by atomic mass is 16.3. The van der Waals surface area contributed by atoms with Crippen LogP contribution in [0, 0.1) is 34.5 Å². The van der Waals surface area contributed by atoms with Crippen molar-refractivity contribution in [2.75, 3.05) is 6.61 Å². The summed E-state index contributed by atoms with van der Waals surface area (Å²) >= 11 is 0. The molecule has 3 fully saturated rings. The predicted octanol–water partition coefficient (Wildman–Crippen LogP) is 1.80. The van der Waals surface area contributed by atoms with Crippen LogP contribution in [-0.4, -0.2) is 45.2 Å². The summed E-state index contributed by atoms with van der Waals surface area (Å²) in [6.45, 7) is 5.48. The zero-order valence-electron chi connectivity index (χ0n) is 16.3. The Bertz CT molecular complexity index is 754. The predicted molar refractivity (Wildman–Crippen MR) is 99.6 cm³/mol. The molecule has 0 spiro atoms. The van der Waals surface area contributed by atoms with Crippen LogP contribution in [-0.2, 0) is 9.59 Å². The molecular formula is C22H30O5. The van der Waals surface area contributed by atoms with Crippen molar-refractivity contribution in [3.63, 3.8) is 0 Å². The zero-order chi connectivity index (χ0) is 19.8. The first-order valence-electron chi connectivity index (χ1n) is 10.1. The number of aliphatic hydroxyl groups excluding tert-OH is 2. The summed E-state index contributed by atoms with van der Waals surface area (Å²) in [5.41, 5.74) is -1.59. The molecule has 8 atom stereocenters. The molecule has 27 heavy (non-hydrogen) atoms. The van der Waals surface area contributed by atoms with Crippen LogP contribution < -0.4 is 0 Å². The lowest BCUT2D eigenvalue weighted by atomic mass is 9.45. The van der Waals surface area contributed by atoms with E-state index < -0.39 is 29.5 Å². The second kappa shape index (κ2) is 5.85. The Hall–Kier alpha value is -1.30. The number of ketones is 2.